The molecular formula is C11H12Br2O2S. The number of hydrogen-bond donors (Lipinski definition) is 1. The molecule has 1 aromatic carbocycles. The Kier molecular flexibility index (Phi) is 7.62. The summed E-state index contributed by atoms with van der Waals surface area (Å²) in [7, 11) is 0. The Bertz CT molecular complexity index is 372. The van der Waals surface area contributed by atoms with Gasteiger partial charge in [-0.2, -0.15) is 13.5 Å². The molecule has 0 amide bonds. The van der Waals surface area contributed by atoms with Gasteiger partial charge in [0, 0.05) is 14.5 Å². The molecule has 0 spiro atoms. The number of hydrogen-bond acceptors (Lipinski definition) is 2. The van der Waals surface area contributed by atoms with Crippen molar-refractivity contribution in [3.8, 4) is 5.75 Å². The quantitative estimate of drug-likeness (QED) is 0.737. The number of furan rings is 1. The molecule has 0 atom stereocenters. The largest absolute Gasteiger partial charge is 0.508 e. The number of halogens is 2. The maximum absolute atomic E-state index is 9.17. The third-order valence-corrected chi connectivity index (χ3v) is 3.95. The lowest BCUT2D eigenvalue weighted by Crippen LogP contribution is -1.77. The minimum absolute atomic E-state index is 0. The molecule has 0 aliphatic heterocycles. The highest BCUT2D eigenvalue weighted by molar-refractivity contribution is 9.13. The van der Waals surface area contributed by atoms with Crippen molar-refractivity contribution in [2.24, 2.45) is 0 Å². The summed E-state index contributed by atoms with van der Waals surface area (Å²) in [6, 6.07) is 7.12. The van der Waals surface area contributed by atoms with Crippen molar-refractivity contribution in [1.82, 2.24) is 0 Å². The molecule has 2 aromatic rings. The Hall–Kier alpha value is -0.390. The smallest absolute Gasteiger partial charge is 0.119 e. The molecular weight excluding hydrogens is 356 g/mol. The molecule has 0 aliphatic carbocycles. The van der Waals surface area contributed by atoms with Crippen LogP contribution in [0.2, 0.25) is 0 Å². The average molecular weight is 368 g/mol. The van der Waals surface area contributed by atoms with E-state index in [2.05, 4.69) is 36.3 Å². The number of benzene rings is 1. The third-order valence-electron chi connectivity index (χ3n) is 1.74. The Balaban J connectivity index is 0.000000318. The standard InChI is InChI=1S/C7H6Br2O.C4H4O.H2S/c1-4-6(10)3-2-5(8)7(4)9;1-2-4-5-3-1;/h2-3,10H,1H3;1-4H;1H2. The third kappa shape index (κ3) is 4.63. The average Bonchev–Trinajstić information content (AvgIpc) is 2.79. The Morgan fingerprint density at radius 3 is 2.06 bits per heavy atom. The highest BCUT2D eigenvalue weighted by Crippen LogP contribution is 2.31. The molecule has 0 radical (unpaired) electrons. The molecule has 0 fully saturated rings. The van der Waals surface area contributed by atoms with Gasteiger partial charge < -0.3 is 9.52 Å². The SMILES string of the molecule is Cc1c(O)ccc(Br)c1Br.S.c1ccoc1. The zero-order valence-electron chi connectivity index (χ0n) is 8.58. The Morgan fingerprint density at radius 1 is 1.12 bits per heavy atom. The van der Waals surface area contributed by atoms with Crippen molar-refractivity contribution >= 4 is 45.4 Å². The van der Waals surface area contributed by atoms with Crippen molar-refractivity contribution in [3.63, 3.8) is 0 Å². The van der Waals surface area contributed by atoms with Crippen LogP contribution in [0, 0.1) is 6.92 Å². The van der Waals surface area contributed by atoms with Gasteiger partial charge in [0.15, 0.2) is 0 Å². The second-order valence-corrected chi connectivity index (χ2v) is 4.45. The van der Waals surface area contributed by atoms with Crippen LogP contribution in [0.15, 0.2) is 50.2 Å². The normalized spacial score (nSPS) is 8.69. The summed E-state index contributed by atoms with van der Waals surface area (Å²) in [4.78, 5) is 0. The molecule has 5 heteroatoms. The summed E-state index contributed by atoms with van der Waals surface area (Å²) >= 11 is 6.65. The fraction of sp³-hybridized carbons (Fsp3) is 0.0909. The van der Waals surface area contributed by atoms with Crippen LogP contribution in [0.25, 0.3) is 0 Å². The summed E-state index contributed by atoms with van der Waals surface area (Å²) in [5.74, 6) is 0.315. The molecule has 0 bridgehead atoms. The lowest BCUT2D eigenvalue weighted by molar-refractivity contribution is 0.470. The van der Waals surface area contributed by atoms with E-state index in [0.29, 0.717) is 5.75 Å². The molecule has 88 valence electrons. The molecule has 0 saturated heterocycles. The Morgan fingerprint density at radius 2 is 1.69 bits per heavy atom. The molecule has 0 saturated carbocycles. The number of phenolic OH excluding ortho intramolecular Hbond substituents is 1. The predicted molar refractivity (Wildman–Crippen MR) is 77.3 cm³/mol. The maximum atomic E-state index is 9.17. The van der Waals surface area contributed by atoms with E-state index < -0.39 is 0 Å². The fourth-order valence-corrected chi connectivity index (χ4v) is 1.63. The second kappa shape index (κ2) is 7.81. The Labute approximate surface area is 118 Å². The lowest BCUT2D eigenvalue weighted by atomic mass is 10.2. The fourth-order valence-electron chi connectivity index (χ4n) is 0.869. The van der Waals surface area contributed by atoms with Crippen molar-refractivity contribution in [3.05, 3.63) is 51.3 Å². The number of phenols is 1. The van der Waals surface area contributed by atoms with E-state index in [1.165, 1.54) is 0 Å². The van der Waals surface area contributed by atoms with Gasteiger partial charge >= 0.3 is 0 Å². The predicted octanol–water partition coefficient (Wildman–Crippen LogP) is 4.62. The van der Waals surface area contributed by atoms with E-state index in [1.807, 2.05) is 19.1 Å². The van der Waals surface area contributed by atoms with Gasteiger partial charge in [-0.3, -0.25) is 0 Å². The number of rotatable bonds is 0. The number of aromatic hydroxyl groups is 1. The van der Waals surface area contributed by atoms with Crippen LogP contribution in [0.1, 0.15) is 5.56 Å². The van der Waals surface area contributed by atoms with E-state index in [0.717, 1.165) is 14.5 Å². The van der Waals surface area contributed by atoms with Gasteiger partial charge in [-0.1, -0.05) is 0 Å². The molecule has 1 aromatic heterocycles. The summed E-state index contributed by atoms with van der Waals surface area (Å²) in [5.41, 5.74) is 0.856. The van der Waals surface area contributed by atoms with Gasteiger partial charge in [0.2, 0.25) is 0 Å². The monoisotopic (exact) mass is 366 g/mol. The van der Waals surface area contributed by atoms with Crippen LogP contribution in [0.5, 0.6) is 5.75 Å². The van der Waals surface area contributed by atoms with Gasteiger partial charge in [0.25, 0.3) is 0 Å². The maximum Gasteiger partial charge on any atom is 0.119 e. The topological polar surface area (TPSA) is 33.4 Å². The first-order chi connectivity index (χ1) is 7.13. The summed E-state index contributed by atoms with van der Waals surface area (Å²) in [6.07, 6.45) is 3.25. The van der Waals surface area contributed by atoms with Crippen LogP contribution in [0.4, 0.5) is 0 Å². The van der Waals surface area contributed by atoms with Crippen LogP contribution in [-0.2, 0) is 0 Å². The summed E-state index contributed by atoms with van der Waals surface area (Å²) in [5, 5.41) is 9.17. The lowest BCUT2D eigenvalue weighted by Gasteiger charge is -2.01. The van der Waals surface area contributed by atoms with Gasteiger partial charge in [-0.05, 0) is 63.0 Å². The van der Waals surface area contributed by atoms with Crippen molar-refractivity contribution in [2.45, 2.75) is 6.92 Å². The van der Waals surface area contributed by atoms with Gasteiger partial charge in [0.1, 0.15) is 5.75 Å². The molecule has 1 N–H and O–H groups in total. The van der Waals surface area contributed by atoms with E-state index in [1.54, 1.807) is 24.7 Å². The molecule has 2 rings (SSSR count). The van der Waals surface area contributed by atoms with E-state index in [9.17, 15) is 5.11 Å². The van der Waals surface area contributed by atoms with E-state index in [-0.39, 0.29) is 13.5 Å². The molecule has 0 aliphatic rings. The van der Waals surface area contributed by atoms with Crippen molar-refractivity contribution < 1.29 is 9.52 Å². The van der Waals surface area contributed by atoms with Gasteiger partial charge in [-0.15, -0.1) is 0 Å². The molecule has 2 nitrogen and oxygen atoms in total. The van der Waals surface area contributed by atoms with Crippen molar-refractivity contribution in [1.29, 1.82) is 0 Å². The molecule has 16 heavy (non-hydrogen) atoms. The zero-order valence-corrected chi connectivity index (χ0v) is 12.7. The zero-order chi connectivity index (χ0) is 11.3. The highest BCUT2D eigenvalue weighted by atomic mass is 79.9. The van der Waals surface area contributed by atoms with Crippen LogP contribution in [-0.4, -0.2) is 5.11 Å². The van der Waals surface area contributed by atoms with Crippen molar-refractivity contribution in [2.75, 3.05) is 0 Å². The summed E-state index contributed by atoms with van der Waals surface area (Å²) < 4.78 is 6.45. The van der Waals surface area contributed by atoms with Gasteiger partial charge in [-0.25, -0.2) is 0 Å². The van der Waals surface area contributed by atoms with Gasteiger partial charge in [0.05, 0.1) is 12.5 Å². The van der Waals surface area contributed by atoms with E-state index >= 15 is 0 Å². The summed E-state index contributed by atoms with van der Waals surface area (Å²) in [6.45, 7) is 1.85. The first-order valence-corrected chi connectivity index (χ1v) is 5.82. The highest BCUT2D eigenvalue weighted by Gasteiger charge is 2.02. The first kappa shape index (κ1) is 15.6. The minimum Gasteiger partial charge on any atom is -0.508 e. The second-order valence-electron chi connectivity index (χ2n) is 2.80. The first-order valence-electron chi connectivity index (χ1n) is 4.23. The van der Waals surface area contributed by atoms with E-state index in [4.69, 9.17) is 0 Å². The van der Waals surface area contributed by atoms with Crippen LogP contribution in [0.3, 0.4) is 0 Å². The molecule has 0 unspecified atom stereocenters. The minimum atomic E-state index is 0. The molecule has 1 heterocycles. The van der Waals surface area contributed by atoms with Crippen LogP contribution >= 0.6 is 45.4 Å². The van der Waals surface area contributed by atoms with Crippen LogP contribution < -0.4 is 0 Å².